The number of hydrogen-bond acceptors (Lipinski definition) is 8. The number of Topliss-reactive ketones (excluding diaryl/α,β-unsaturated/α-hetero) is 2. The standard InChI is InChI=1S/C30H30O8/c1-35-25-18-26(36-2)22(30(20-13-9-6-10-14-20)24(32)17-28(34)38-4)15-21(25)29(19-11-7-5-8-12-19)23(31)16-27(33)37-3/h5-15,18,29-30H,16-17H2,1-4H3. The first-order chi connectivity index (χ1) is 18.3. The van der Waals surface area contributed by atoms with Crippen molar-refractivity contribution in [2.45, 2.75) is 24.7 Å². The molecule has 0 fully saturated rings. The van der Waals surface area contributed by atoms with E-state index in [0.717, 1.165) is 0 Å². The number of ketones is 2. The summed E-state index contributed by atoms with van der Waals surface area (Å²) in [5, 5.41) is 0. The van der Waals surface area contributed by atoms with Gasteiger partial charge in [-0.3, -0.25) is 19.2 Å². The van der Waals surface area contributed by atoms with Gasteiger partial charge in [-0.15, -0.1) is 0 Å². The van der Waals surface area contributed by atoms with Gasteiger partial charge in [-0.25, -0.2) is 0 Å². The second-order valence-electron chi connectivity index (χ2n) is 8.46. The van der Waals surface area contributed by atoms with E-state index in [1.54, 1.807) is 60.7 Å². The van der Waals surface area contributed by atoms with Crippen LogP contribution >= 0.6 is 0 Å². The van der Waals surface area contributed by atoms with E-state index in [1.807, 2.05) is 12.1 Å². The molecule has 38 heavy (non-hydrogen) atoms. The van der Waals surface area contributed by atoms with E-state index in [9.17, 15) is 19.2 Å². The third-order valence-electron chi connectivity index (χ3n) is 6.21. The van der Waals surface area contributed by atoms with Crippen LogP contribution in [0, 0.1) is 0 Å². The Balaban J connectivity index is 2.28. The molecular weight excluding hydrogens is 488 g/mol. The van der Waals surface area contributed by atoms with E-state index in [4.69, 9.17) is 18.9 Å². The van der Waals surface area contributed by atoms with Crippen molar-refractivity contribution in [1.82, 2.24) is 0 Å². The van der Waals surface area contributed by atoms with Crippen molar-refractivity contribution < 1.29 is 38.1 Å². The van der Waals surface area contributed by atoms with Gasteiger partial charge in [0.1, 0.15) is 24.3 Å². The Labute approximate surface area is 221 Å². The highest BCUT2D eigenvalue weighted by Gasteiger charge is 2.33. The molecule has 8 heteroatoms. The highest BCUT2D eigenvalue weighted by Crippen LogP contribution is 2.42. The van der Waals surface area contributed by atoms with Gasteiger partial charge in [0.05, 0.1) is 40.3 Å². The van der Waals surface area contributed by atoms with Crippen LogP contribution in [0.3, 0.4) is 0 Å². The summed E-state index contributed by atoms with van der Waals surface area (Å²) in [6, 6.07) is 21.2. The molecule has 0 bridgehead atoms. The lowest BCUT2D eigenvalue weighted by atomic mass is 9.80. The lowest BCUT2D eigenvalue weighted by Gasteiger charge is -2.25. The van der Waals surface area contributed by atoms with Crippen molar-refractivity contribution in [3.63, 3.8) is 0 Å². The van der Waals surface area contributed by atoms with Crippen LogP contribution in [-0.4, -0.2) is 51.9 Å². The van der Waals surface area contributed by atoms with E-state index in [1.165, 1.54) is 28.4 Å². The fraction of sp³-hybridized carbons (Fsp3) is 0.267. The normalized spacial score (nSPS) is 12.1. The Hall–Kier alpha value is -4.46. The molecule has 0 radical (unpaired) electrons. The predicted molar refractivity (Wildman–Crippen MR) is 139 cm³/mol. The Morgan fingerprint density at radius 2 is 0.947 bits per heavy atom. The molecule has 0 amide bonds. The van der Waals surface area contributed by atoms with Crippen LogP contribution in [0.1, 0.15) is 46.9 Å². The second-order valence-corrected chi connectivity index (χ2v) is 8.46. The maximum Gasteiger partial charge on any atom is 0.313 e. The molecule has 198 valence electrons. The molecule has 0 N–H and O–H groups in total. The number of carbonyl (C=O) groups is 4. The fourth-order valence-corrected chi connectivity index (χ4v) is 4.40. The SMILES string of the molecule is COC(=O)CC(=O)C(c1ccccc1)c1cc(C(C(=O)CC(=O)OC)c2ccccc2)c(OC)cc1OC. The Bertz CT molecular complexity index is 1190. The van der Waals surface area contributed by atoms with Gasteiger partial charge >= 0.3 is 11.9 Å². The van der Waals surface area contributed by atoms with E-state index < -0.39 is 48.2 Å². The van der Waals surface area contributed by atoms with Crippen LogP contribution in [0.2, 0.25) is 0 Å². The van der Waals surface area contributed by atoms with E-state index in [2.05, 4.69) is 0 Å². The Morgan fingerprint density at radius 1 is 0.579 bits per heavy atom. The van der Waals surface area contributed by atoms with Gasteiger partial charge in [0.25, 0.3) is 0 Å². The number of rotatable bonds is 12. The molecule has 2 unspecified atom stereocenters. The highest BCUT2D eigenvalue weighted by molar-refractivity contribution is 6.02. The first kappa shape index (κ1) is 28.1. The molecule has 3 aromatic carbocycles. The third kappa shape index (κ3) is 6.45. The number of hydrogen-bond donors (Lipinski definition) is 0. The van der Waals surface area contributed by atoms with E-state index in [0.29, 0.717) is 33.8 Å². The minimum absolute atomic E-state index is 0.338. The van der Waals surface area contributed by atoms with Crippen LogP contribution in [-0.2, 0) is 28.7 Å². The minimum Gasteiger partial charge on any atom is -0.496 e. The van der Waals surface area contributed by atoms with Crippen molar-refractivity contribution in [2.24, 2.45) is 0 Å². The largest absolute Gasteiger partial charge is 0.496 e. The van der Waals surface area contributed by atoms with Gasteiger partial charge in [0.2, 0.25) is 0 Å². The zero-order valence-corrected chi connectivity index (χ0v) is 21.8. The number of carbonyl (C=O) groups excluding carboxylic acids is 4. The number of esters is 2. The van der Waals surface area contributed by atoms with Gasteiger partial charge in [0.15, 0.2) is 11.6 Å². The van der Waals surface area contributed by atoms with Crippen molar-refractivity contribution in [3.05, 3.63) is 95.1 Å². The minimum atomic E-state index is -0.901. The van der Waals surface area contributed by atoms with Crippen molar-refractivity contribution in [1.29, 1.82) is 0 Å². The molecule has 0 saturated carbocycles. The van der Waals surface area contributed by atoms with Gasteiger partial charge in [-0.2, -0.15) is 0 Å². The summed E-state index contributed by atoms with van der Waals surface area (Å²) in [4.78, 5) is 51.1. The zero-order valence-electron chi connectivity index (χ0n) is 21.8. The lowest BCUT2D eigenvalue weighted by Crippen LogP contribution is -2.22. The second kappa shape index (κ2) is 13.2. The van der Waals surface area contributed by atoms with E-state index in [-0.39, 0.29) is 0 Å². The number of methoxy groups -OCH3 is 4. The first-order valence-corrected chi connectivity index (χ1v) is 11.9. The molecule has 3 rings (SSSR count). The molecule has 0 aliphatic carbocycles. The predicted octanol–water partition coefficient (Wildman–Crippen LogP) is 4.23. The topological polar surface area (TPSA) is 105 Å². The molecule has 0 aliphatic heterocycles. The average molecular weight is 519 g/mol. The molecule has 3 aromatic rings. The molecule has 0 saturated heterocycles. The molecular formula is C30H30O8. The molecule has 0 heterocycles. The van der Waals surface area contributed by atoms with Crippen LogP contribution in [0.15, 0.2) is 72.8 Å². The summed E-state index contributed by atoms with van der Waals surface area (Å²) in [6.45, 7) is 0. The summed E-state index contributed by atoms with van der Waals surface area (Å²) < 4.78 is 20.8. The zero-order chi connectivity index (χ0) is 27.7. The average Bonchev–Trinajstić information content (AvgIpc) is 2.94. The quantitative estimate of drug-likeness (QED) is 0.259. The molecule has 0 aliphatic rings. The Morgan fingerprint density at radius 3 is 1.26 bits per heavy atom. The van der Waals surface area contributed by atoms with Crippen molar-refractivity contribution in [2.75, 3.05) is 28.4 Å². The summed E-state index contributed by atoms with van der Waals surface area (Å²) in [7, 11) is 5.36. The first-order valence-electron chi connectivity index (χ1n) is 11.9. The van der Waals surface area contributed by atoms with Gasteiger partial charge < -0.3 is 18.9 Å². The monoisotopic (exact) mass is 518 g/mol. The maximum absolute atomic E-state index is 13.5. The third-order valence-corrected chi connectivity index (χ3v) is 6.21. The number of ether oxygens (including phenoxy) is 4. The maximum atomic E-state index is 13.5. The van der Waals surface area contributed by atoms with Gasteiger partial charge in [0, 0.05) is 17.2 Å². The van der Waals surface area contributed by atoms with Gasteiger partial charge in [-0.05, 0) is 17.2 Å². The van der Waals surface area contributed by atoms with Crippen LogP contribution < -0.4 is 9.47 Å². The molecule has 0 aromatic heterocycles. The van der Waals surface area contributed by atoms with Gasteiger partial charge in [-0.1, -0.05) is 60.7 Å². The summed E-state index contributed by atoms with van der Waals surface area (Å²) in [5.74, 6) is -3.28. The van der Waals surface area contributed by atoms with Crippen molar-refractivity contribution in [3.8, 4) is 11.5 Å². The summed E-state index contributed by atoms with van der Waals surface area (Å²) >= 11 is 0. The summed E-state index contributed by atoms with van der Waals surface area (Å²) in [5.41, 5.74) is 2.14. The number of benzene rings is 3. The Kier molecular flexibility index (Phi) is 9.76. The lowest BCUT2D eigenvalue weighted by molar-refractivity contribution is -0.145. The highest BCUT2D eigenvalue weighted by atomic mass is 16.5. The van der Waals surface area contributed by atoms with Crippen LogP contribution in [0.25, 0.3) is 0 Å². The van der Waals surface area contributed by atoms with Crippen molar-refractivity contribution >= 4 is 23.5 Å². The molecule has 2 atom stereocenters. The smallest absolute Gasteiger partial charge is 0.313 e. The molecule has 8 nitrogen and oxygen atoms in total. The fourth-order valence-electron chi connectivity index (χ4n) is 4.40. The van der Waals surface area contributed by atoms with E-state index >= 15 is 0 Å². The van der Waals surface area contributed by atoms with Crippen LogP contribution in [0.5, 0.6) is 11.5 Å². The summed E-state index contributed by atoms with van der Waals surface area (Å²) in [6.07, 6.45) is -0.909. The van der Waals surface area contributed by atoms with Crippen LogP contribution in [0.4, 0.5) is 0 Å². The molecule has 0 spiro atoms.